The van der Waals surface area contributed by atoms with Gasteiger partial charge in [-0.15, -0.1) is 0 Å². The fourth-order valence-corrected chi connectivity index (χ4v) is 2.94. The van der Waals surface area contributed by atoms with Gasteiger partial charge >= 0.3 is 0 Å². The van der Waals surface area contributed by atoms with Crippen molar-refractivity contribution in [2.75, 3.05) is 33.7 Å². The molecule has 0 saturated carbocycles. The molecule has 0 aliphatic carbocycles. The predicted octanol–water partition coefficient (Wildman–Crippen LogP) is 1.00. The minimum Gasteiger partial charge on any atom is -0.304 e. The molecule has 0 spiro atoms. The second kappa shape index (κ2) is 5.50. The molecule has 0 N–H and O–H groups in total. The van der Waals surface area contributed by atoms with Gasteiger partial charge in [0, 0.05) is 13.6 Å². The Hall–Kier alpha value is -0.720. The summed E-state index contributed by atoms with van der Waals surface area (Å²) in [4.78, 5) is 17.0. The Kier molecular flexibility index (Phi) is 4.19. The molecule has 100 valence electrons. The summed E-state index contributed by atoms with van der Waals surface area (Å²) in [6, 6.07) is -0.0933. The predicted molar refractivity (Wildman–Crippen MR) is 73.8 cm³/mol. The summed E-state index contributed by atoms with van der Waals surface area (Å²) in [5.41, 5.74) is 0.655. The Morgan fingerprint density at radius 3 is 2.72 bits per heavy atom. The summed E-state index contributed by atoms with van der Waals surface area (Å²) >= 11 is 3.40. The van der Waals surface area contributed by atoms with Crippen LogP contribution in [0.2, 0.25) is 0 Å². The summed E-state index contributed by atoms with van der Waals surface area (Å²) in [5.74, 6) is 0.137. The number of halogens is 1. The zero-order valence-electron chi connectivity index (χ0n) is 11.1. The number of likely N-dealkylation sites (N-methyl/N-ethyl adjacent to an activating group) is 2. The van der Waals surface area contributed by atoms with Crippen LogP contribution in [0.15, 0.2) is 10.7 Å². The standard InChI is InChI=1S/C12H19BrN4O/c1-15-5-4-6-16(2)10(8-15)12(18)11-9(13)7-14-17(11)3/h7,10H,4-6,8H2,1-3H3. The van der Waals surface area contributed by atoms with Gasteiger partial charge in [0.1, 0.15) is 5.69 Å². The van der Waals surface area contributed by atoms with Crippen molar-refractivity contribution in [2.45, 2.75) is 12.5 Å². The topological polar surface area (TPSA) is 41.4 Å². The molecule has 1 fully saturated rings. The van der Waals surface area contributed by atoms with Crippen LogP contribution in [0.25, 0.3) is 0 Å². The molecule has 18 heavy (non-hydrogen) atoms. The molecule has 2 rings (SSSR count). The lowest BCUT2D eigenvalue weighted by molar-refractivity contribution is 0.0828. The molecular formula is C12H19BrN4O. The van der Waals surface area contributed by atoms with E-state index in [0.717, 1.165) is 30.5 Å². The van der Waals surface area contributed by atoms with E-state index in [9.17, 15) is 4.79 Å². The minimum absolute atomic E-state index is 0.0933. The van der Waals surface area contributed by atoms with Crippen LogP contribution < -0.4 is 0 Å². The number of carbonyl (C=O) groups excluding carboxylic acids is 1. The Morgan fingerprint density at radius 2 is 2.11 bits per heavy atom. The van der Waals surface area contributed by atoms with E-state index in [4.69, 9.17) is 0 Å². The van der Waals surface area contributed by atoms with E-state index in [-0.39, 0.29) is 11.8 Å². The first-order valence-electron chi connectivity index (χ1n) is 6.11. The van der Waals surface area contributed by atoms with E-state index < -0.39 is 0 Å². The fourth-order valence-electron chi connectivity index (χ4n) is 2.40. The van der Waals surface area contributed by atoms with Gasteiger partial charge in [-0.3, -0.25) is 14.4 Å². The molecule has 1 unspecified atom stereocenters. The molecule has 1 saturated heterocycles. The third-order valence-electron chi connectivity index (χ3n) is 3.50. The minimum atomic E-state index is -0.0933. The smallest absolute Gasteiger partial charge is 0.200 e. The highest BCUT2D eigenvalue weighted by Crippen LogP contribution is 2.20. The Balaban J connectivity index is 2.26. The van der Waals surface area contributed by atoms with Crippen molar-refractivity contribution in [1.29, 1.82) is 0 Å². The highest BCUT2D eigenvalue weighted by atomic mass is 79.9. The van der Waals surface area contributed by atoms with Crippen LogP contribution in [0.1, 0.15) is 16.9 Å². The van der Waals surface area contributed by atoms with E-state index in [0.29, 0.717) is 5.69 Å². The second-order valence-corrected chi connectivity index (χ2v) is 5.80. The lowest BCUT2D eigenvalue weighted by Gasteiger charge is -2.26. The first-order valence-corrected chi connectivity index (χ1v) is 6.90. The van der Waals surface area contributed by atoms with Crippen LogP contribution in [0, 0.1) is 0 Å². The van der Waals surface area contributed by atoms with E-state index in [1.54, 1.807) is 17.9 Å². The van der Waals surface area contributed by atoms with Gasteiger partial charge in [-0.25, -0.2) is 0 Å². The molecule has 6 heteroatoms. The van der Waals surface area contributed by atoms with Gasteiger partial charge in [0.25, 0.3) is 0 Å². The van der Waals surface area contributed by atoms with Crippen LogP contribution >= 0.6 is 15.9 Å². The van der Waals surface area contributed by atoms with E-state index in [1.807, 2.05) is 7.05 Å². The van der Waals surface area contributed by atoms with Gasteiger partial charge in [-0.05, 0) is 49.5 Å². The number of nitrogens with zero attached hydrogens (tertiary/aromatic N) is 4. The summed E-state index contributed by atoms with van der Waals surface area (Å²) in [6.07, 6.45) is 2.77. The van der Waals surface area contributed by atoms with Crippen molar-refractivity contribution >= 4 is 21.7 Å². The Labute approximate surface area is 116 Å². The molecule has 1 aliphatic rings. The molecule has 0 radical (unpaired) electrons. The molecule has 0 aromatic carbocycles. The Morgan fingerprint density at radius 1 is 1.39 bits per heavy atom. The molecule has 1 aromatic rings. The second-order valence-electron chi connectivity index (χ2n) is 4.94. The van der Waals surface area contributed by atoms with Crippen molar-refractivity contribution < 1.29 is 4.79 Å². The van der Waals surface area contributed by atoms with Gasteiger partial charge in [0.15, 0.2) is 5.78 Å². The number of ketones is 1. The molecular weight excluding hydrogens is 296 g/mol. The summed E-state index contributed by atoms with van der Waals surface area (Å²) in [5, 5.41) is 4.12. The lowest BCUT2D eigenvalue weighted by atomic mass is 10.1. The molecule has 0 amide bonds. The maximum Gasteiger partial charge on any atom is 0.200 e. The SMILES string of the molecule is CN1CCCN(C)C(C(=O)c2c(Br)cnn2C)C1. The molecule has 2 heterocycles. The van der Waals surface area contributed by atoms with E-state index >= 15 is 0 Å². The monoisotopic (exact) mass is 314 g/mol. The van der Waals surface area contributed by atoms with Crippen LogP contribution in [-0.4, -0.2) is 65.1 Å². The molecule has 1 aliphatic heterocycles. The molecule has 0 bridgehead atoms. The first kappa shape index (κ1) is 13.7. The summed E-state index contributed by atoms with van der Waals surface area (Å²) in [6.45, 7) is 2.77. The molecule has 1 aromatic heterocycles. The largest absolute Gasteiger partial charge is 0.304 e. The van der Waals surface area contributed by atoms with Crippen molar-refractivity contribution in [3.8, 4) is 0 Å². The average Bonchev–Trinajstić information content (AvgIpc) is 2.54. The number of rotatable bonds is 2. The number of aromatic nitrogens is 2. The zero-order valence-corrected chi connectivity index (χ0v) is 12.6. The highest BCUT2D eigenvalue weighted by Gasteiger charge is 2.30. The average molecular weight is 315 g/mol. The number of hydrogen-bond acceptors (Lipinski definition) is 4. The molecule has 5 nitrogen and oxygen atoms in total. The lowest BCUT2D eigenvalue weighted by Crippen LogP contribution is -2.44. The van der Waals surface area contributed by atoms with Gasteiger partial charge in [0.2, 0.25) is 0 Å². The van der Waals surface area contributed by atoms with Crippen molar-refractivity contribution in [3.63, 3.8) is 0 Å². The Bertz CT molecular complexity index is 426. The maximum atomic E-state index is 12.7. The van der Waals surface area contributed by atoms with Crippen LogP contribution in [-0.2, 0) is 7.05 Å². The van der Waals surface area contributed by atoms with Crippen molar-refractivity contribution in [1.82, 2.24) is 19.6 Å². The quantitative estimate of drug-likeness (QED) is 0.764. The number of aryl methyl sites for hydroxylation is 1. The maximum absolute atomic E-state index is 12.7. The van der Waals surface area contributed by atoms with Crippen molar-refractivity contribution in [2.24, 2.45) is 7.05 Å². The van der Waals surface area contributed by atoms with Gasteiger partial charge < -0.3 is 4.90 Å². The third kappa shape index (κ3) is 2.65. The van der Waals surface area contributed by atoms with Crippen LogP contribution in [0.4, 0.5) is 0 Å². The van der Waals surface area contributed by atoms with E-state index in [2.05, 4.69) is 37.9 Å². The third-order valence-corrected chi connectivity index (χ3v) is 4.08. The van der Waals surface area contributed by atoms with Crippen molar-refractivity contribution in [3.05, 3.63) is 16.4 Å². The van der Waals surface area contributed by atoms with Crippen LogP contribution in [0.3, 0.4) is 0 Å². The van der Waals surface area contributed by atoms with E-state index in [1.165, 1.54) is 0 Å². The fraction of sp³-hybridized carbons (Fsp3) is 0.667. The summed E-state index contributed by atoms with van der Waals surface area (Å²) in [7, 11) is 5.89. The zero-order chi connectivity index (χ0) is 13.3. The number of carbonyl (C=O) groups is 1. The molecule has 1 atom stereocenters. The van der Waals surface area contributed by atoms with Gasteiger partial charge in [0.05, 0.1) is 16.7 Å². The van der Waals surface area contributed by atoms with Gasteiger partial charge in [-0.2, -0.15) is 5.10 Å². The summed E-state index contributed by atoms with van der Waals surface area (Å²) < 4.78 is 2.42. The number of hydrogen-bond donors (Lipinski definition) is 0. The highest BCUT2D eigenvalue weighted by molar-refractivity contribution is 9.10. The normalized spacial score (nSPS) is 23.0. The van der Waals surface area contributed by atoms with Gasteiger partial charge in [-0.1, -0.05) is 0 Å². The number of Topliss-reactive ketones (excluding diaryl/α,β-unsaturated/α-hetero) is 1. The first-order chi connectivity index (χ1) is 8.50. The van der Waals surface area contributed by atoms with Crippen LogP contribution in [0.5, 0.6) is 0 Å².